The van der Waals surface area contributed by atoms with Gasteiger partial charge < -0.3 is 9.80 Å². The van der Waals surface area contributed by atoms with E-state index in [4.69, 9.17) is 5.10 Å². The van der Waals surface area contributed by atoms with Crippen molar-refractivity contribution in [3.05, 3.63) is 22.8 Å². The van der Waals surface area contributed by atoms with Crippen LogP contribution < -0.4 is 9.62 Å². The van der Waals surface area contributed by atoms with Crippen LogP contribution >= 0.6 is 11.3 Å². The summed E-state index contributed by atoms with van der Waals surface area (Å²) in [6.07, 6.45) is 3.69. The summed E-state index contributed by atoms with van der Waals surface area (Å²) < 4.78 is 58.2. The first-order valence-electron chi connectivity index (χ1n) is 13.9. The zero-order valence-electron chi connectivity index (χ0n) is 22.1. The van der Waals surface area contributed by atoms with E-state index in [9.17, 15) is 22.0 Å². The van der Waals surface area contributed by atoms with Crippen LogP contribution in [0.4, 0.5) is 14.5 Å². The topological polar surface area (TPSA) is 113 Å². The highest BCUT2D eigenvalue weighted by Gasteiger charge is 2.42. The summed E-state index contributed by atoms with van der Waals surface area (Å²) in [5, 5.41) is 13.0. The van der Waals surface area contributed by atoms with Gasteiger partial charge in [0, 0.05) is 54.6 Å². The van der Waals surface area contributed by atoms with Crippen LogP contribution in [0.1, 0.15) is 74.9 Å². The Morgan fingerprint density at radius 3 is 2.40 bits per heavy atom. The van der Waals surface area contributed by atoms with Crippen molar-refractivity contribution in [2.45, 2.75) is 74.6 Å². The molecule has 1 amide bonds. The number of hydrogen-bond acceptors (Lipinski definition) is 8. The Morgan fingerprint density at radius 1 is 1.10 bits per heavy atom. The lowest BCUT2D eigenvalue weighted by Gasteiger charge is -2.39. The van der Waals surface area contributed by atoms with Gasteiger partial charge in [0.25, 0.3) is 6.43 Å². The highest BCUT2D eigenvalue weighted by Crippen LogP contribution is 2.47. The van der Waals surface area contributed by atoms with Gasteiger partial charge in [0.1, 0.15) is 0 Å². The number of amides is 1. The number of carbonyl (C=O) groups excluding carboxylic acids is 1. The summed E-state index contributed by atoms with van der Waals surface area (Å²) in [6.45, 7) is 4.12. The molecule has 3 heterocycles. The first-order chi connectivity index (χ1) is 19.1. The predicted molar refractivity (Wildman–Crippen MR) is 146 cm³/mol. The number of nitrogens with one attached hydrogen (secondary N) is 1. The molecule has 14 heteroatoms. The third-order valence-electron chi connectivity index (χ3n) is 8.60. The zero-order chi connectivity index (χ0) is 27.8. The normalized spacial score (nSPS) is 21.3. The molecule has 0 unspecified atom stereocenters. The molecular weight excluding hydrogens is 560 g/mol. The number of benzene rings is 1. The number of rotatable bonds is 8. The largest absolute Gasteiger partial charge is 0.367 e. The van der Waals surface area contributed by atoms with Crippen molar-refractivity contribution < 1.29 is 22.0 Å². The van der Waals surface area contributed by atoms with Crippen molar-refractivity contribution in [3.63, 3.8) is 0 Å². The molecule has 7 rings (SSSR count). The summed E-state index contributed by atoms with van der Waals surface area (Å²) in [5.41, 5.74) is 1.59. The average Bonchev–Trinajstić information content (AvgIpc) is 3.77. The van der Waals surface area contributed by atoms with Gasteiger partial charge >= 0.3 is 0 Å². The van der Waals surface area contributed by atoms with E-state index in [0.29, 0.717) is 31.7 Å². The fourth-order valence-corrected chi connectivity index (χ4v) is 7.74. The SMILES string of the molecule is CC1(NS(=O)(=O)c2cc(N3CCN(C(=O)C4CCC4)CC3)c3c(C4CC4)nn(-c4nnc(C(F)F)s4)c3c2)CC1. The highest BCUT2D eigenvalue weighted by atomic mass is 32.2. The number of sulfonamides is 1. The second kappa shape index (κ2) is 9.41. The van der Waals surface area contributed by atoms with Crippen molar-refractivity contribution in [2.75, 3.05) is 31.1 Å². The van der Waals surface area contributed by atoms with Gasteiger partial charge in [0.2, 0.25) is 21.1 Å². The van der Waals surface area contributed by atoms with Crippen LogP contribution in [0.25, 0.3) is 16.0 Å². The molecular formula is C26H31F2N7O3S2. The zero-order valence-corrected chi connectivity index (χ0v) is 23.8. The third-order valence-corrected chi connectivity index (χ3v) is 11.1. The number of piperazine rings is 1. The van der Waals surface area contributed by atoms with Crippen LogP contribution in [0.5, 0.6) is 0 Å². The number of carbonyl (C=O) groups is 1. The molecule has 10 nitrogen and oxygen atoms in total. The number of hydrogen-bond donors (Lipinski definition) is 1. The molecule has 4 fully saturated rings. The Balaban J connectivity index is 1.33. The molecule has 1 aliphatic heterocycles. The van der Waals surface area contributed by atoms with E-state index in [1.165, 1.54) is 4.68 Å². The predicted octanol–water partition coefficient (Wildman–Crippen LogP) is 3.97. The number of halogens is 2. The van der Waals surface area contributed by atoms with Gasteiger partial charge in [-0.3, -0.25) is 4.79 Å². The summed E-state index contributed by atoms with van der Waals surface area (Å²) in [7, 11) is -3.88. The van der Waals surface area contributed by atoms with Gasteiger partial charge in [0.15, 0.2) is 5.01 Å². The fourth-order valence-electron chi connectivity index (χ4n) is 5.57. The van der Waals surface area contributed by atoms with Crippen LogP contribution in [0, 0.1) is 5.92 Å². The maximum Gasteiger partial charge on any atom is 0.291 e. The molecule has 2 aromatic heterocycles. The number of anilines is 1. The molecule has 1 aromatic carbocycles. The van der Waals surface area contributed by atoms with E-state index in [2.05, 4.69) is 19.8 Å². The van der Waals surface area contributed by atoms with E-state index in [1.807, 2.05) is 11.8 Å². The lowest BCUT2D eigenvalue weighted by molar-refractivity contribution is -0.138. The molecule has 40 heavy (non-hydrogen) atoms. The van der Waals surface area contributed by atoms with Crippen molar-refractivity contribution >= 4 is 43.9 Å². The van der Waals surface area contributed by atoms with E-state index in [-0.39, 0.29) is 27.8 Å². The van der Waals surface area contributed by atoms with Gasteiger partial charge in [-0.2, -0.15) is 5.10 Å². The molecule has 0 bridgehead atoms. The Kier molecular flexibility index (Phi) is 6.17. The maximum atomic E-state index is 13.6. The second-order valence-electron chi connectivity index (χ2n) is 11.7. The number of nitrogens with zero attached hydrogens (tertiary/aromatic N) is 6. The third kappa shape index (κ3) is 4.67. The first-order valence-corrected chi connectivity index (χ1v) is 16.2. The maximum absolute atomic E-state index is 13.6. The molecule has 0 radical (unpaired) electrons. The number of fused-ring (bicyclic) bond motifs is 1. The van der Waals surface area contributed by atoms with Crippen molar-refractivity contribution in [1.29, 1.82) is 0 Å². The van der Waals surface area contributed by atoms with Crippen molar-refractivity contribution in [1.82, 2.24) is 29.6 Å². The van der Waals surface area contributed by atoms with Gasteiger partial charge in [-0.25, -0.2) is 26.6 Å². The van der Waals surface area contributed by atoms with E-state index < -0.39 is 27.0 Å². The van der Waals surface area contributed by atoms with Gasteiger partial charge in [0.05, 0.1) is 16.1 Å². The highest BCUT2D eigenvalue weighted by molar-refractivity contribution is 7.89. The molecule has 3 aliphatic carbocycles. The van der Waals surface area contributed by atoms with E-state index in [1.54, 1.807) is 12.1 Å². The molecule has 3 saturated carbocycles. The average molecular weight is 592 g/mol. The quantitative estimate of drug-likeness (QED) is 0.422. The van der Waals surface area contributed by atoms with Crippen LogP contribution in [0.3, 0.4) is 0 Å². The standard InChI is InChI=1S/C26H31F2N7O3S2/c1-26(7-8-26)32-40(37,38)17-13-18(33-9-11-34(12-10-33)24(36)16-3-2-4-16)20-19(14-17)35(31-21(20)15-5-6-15)25-30-29-23(39-25)22(27)28/h13-16,22,32H,2-12H2,1H3. The van der Waals surface area contributed by atoms with Crippen LogP contribution in [0.15, 0.2) is 17.0 Å². The molecule has 1 saturated heterocycles. The Hall–Kier alpha value is -2.71. The molecule has 3 aromatic rings. The Morgan fingerprint density at radius 2 is 1.82 bits per heavy atom. The number of aromatic nitrogens is 4. The van der Waals surface area contributed by atoms with Crippen molar-refractivity contribution in [3.8, 4) is 5.13 Å². The fraction of sp³-hybridized carbons (Fsp3) is 0.615. The minimum Gasteiger partial charge on any atom is -0.367 e. The molecule has 1 N–H and O–H groups in total. The molecule has 4 aliphatic rings. The summed E-state index contributed by atoms with van der Waals surface area (Å²) in [5.74, 6) is 0.551. The molecule has 0 spiro atoms. The lowest BCUT2D eigenvalue weighted by Crippen LogP contribution is -2.51. The Bertz CT molecular complexity index is 1580. The first kappa shape index (κ1) is 26.2. The van der Waals surface area contributed by atoms with E-state index in [0.717, 1.165) is 73.1 Å². The monoisotopic (exact) mass is 591 g/mol. The minimum atomic E-state index is -3.88. The summed E-state index contributed by atoms with van der Waals surface area (Å²) >= 11 is 0.748. The van der Waals surface area contributed by atoms with E-state index >= 15 is 0 Å². The number of alkyl halides is 2. The van der Waals surface area contributed by atoms with Crippen LogP contribution in [-0.4, -0.2) is 70.9 Å². The lowest BCUT2D eigenvalue weighted by atomic mass is 9.84. The van der Waals surface area contributed by atoms with Gasteiger partial charge in [-0.05, 0) is 57.6 Å². The second-order valence-corrected chi connectivity index (χ2v) is 14.4. The van der Waals surface area contributed by atoms with Gasteiger partial charge in [-0.15, -0.1) is 10.2 Å². The van der Waals surface area contributed by atoms with Gasteiger partial charge in [-0.1, -0.05) is 17.8 Å². The van der Waals surface area contributed by atoms with Crippen molar-refractivity contribution in [2.24, 2.45) is 5.92 Å². The van der Waals surface area contributed by atoms with Crippen LogP contribution in [-0.2, 0) is 14.8 Å². The Labute approximate surface area is 234 Å². The van der Waals surface area contributed by atoms with Crippen LogP contribution in [0.2, 0.25) is 0 Å². The molecule has 214 valence electrons. The minimum absolute atomic E-state index is 0.0956. The summed E-state index contributed by atoms with van der Waals surface area (Å²) in [6, 6.07) is 3.29. The smallest absolute Gasteiger partial charge is 0.291 e. The summed E-state index contributed by atoms with van der Waals surface area (Å²) in [4.78, 5) is 17.0. The molecule has 0 atom stereocenters.